The third-order valence-corrected chi connectivity index (χ3v) is 5.35. The number of benzene rings is 3. The van der Waals surface area contributed by atoms with Gasteiger partial charge in [0.2, 0.25) is 0 Å². The molecule has 7 heteroatoms. The molecule has 35 heavy (non-hydrogen) atoms. The van der Waals surface area contributed by atoms with Crippen molar-refractivity contribution in [2.75, 3.05) is 14.2 Å². The van der Waals surface area contributed by atoms with Gasteiger partial charge in [0.1, 0.15) is 30.3 Å². The highest BCUT2D eigenvalue weighted by Crippen LogP contribution is 2.26. The average Bonchev–Trinajstić information content (AvgIpc) is 2.86. The molecule has 0 heterocycles. The summed E-state index contributed by atoms with van der Waals surface area (Å²) in [7, 11) is 3.05. The van der Waals surface area contributed by atoms with Crippen LogP contribution in [0, 0.1) is 13.8 Å². The van der Waals surface area contributed by atoms with Gasteiger partial charge in [0.05, 0.1) is 26.7 Å². The molecule has 0 aromatic heterocycles. The number of oxime groups is 1. The fourth-order valence-electron chi connectivity index (χ4n) is 3.49. The molecule has 0 fully saturated rings. The number of carboxylic acids is 1. The Morgan fingerprint density at radius 1 is 0.971 bits per heavy atom. The number of carbonyl (C=O) groups is 1. The quantitative estimate of drug-likeness (QED) is 0.170. The molecule has 182 valence electrons. The molecular weight excluding hydrogens is 446 g/mol. The zero-order valence-corrected chi connectivity index (χ0v) is 20.3. The van der Waals surface area contributed by atoms with E-state index in [1.165, 1.54) is 13.4 Å². The van der Waals surface area contributed by atoms with Gasteiger partial charge >= 0.3 is 5.97 Å². The van der Waals surface area contributed by atoms with Gasteiger partial charge in [0, 0.05) is 0 Å². The molecule has 0 bridgehead atoms. The normalized spacial score (nSPS) is 11.4. The topological polar surface area (TPSA) is 86.6 Å². The molecule has 3 aromatic rings. The summed E-state index contributed by atoms with van der Waals surface area (Å²) in [5, 5.41) is 13.6. The summed E-state index contributed by atoms with van der Waals surface area (Å²) in [6.07, 6.45) is 2.90. The molecule has 0 spiro atoms. The summed E-state index contributed by atoms with van der Waals surface area (Å²) < 4.78 is 16.2. The summed E-state index contributed by atoms with van der Waals surface area (Å²) in [5.74, 6) is 0.414. The zero-order chi connectivity index (χ0) is 25.2. The van der Waals surface area contributed by atoms with Gasteiger partial charge in [-0.1, -0.05) is 41.6 Å². The Hall–Kier alpha value is -4.26. The van der Waals surface area contributed by atoms with Gasteiger partial charge in [-0.05, 0) is 71.5 Å². The SMILES string of the molecule is COC=C(C(=O)O)c1ccccc1COc1cc(C)c(C=NOCc2cccc(OC)c2)cc1C. The highest BCUT2D eigenvalue weighted by atomic mass is 16.6. The van der Waals surface area contributed by atoms with Crippen LogP contribution in [-0.2, 0) is 27.6 Å². The van der Waals surface area contributed by atoms with Gasteiger partial charge in [-0.25, -0.2) is 4.79 Å². The maximum Gasteiger partial charge on any atom is 0.339 e. The van der Waals surface area contributed by atoms with Gasteiger partial charge in [-0.2, -0.15) is 0 Å². The van der Waals surface area contributed by atoms with Crippen molar-refractivity contribution in [1.29, 1.82) is 0 Å². The van der Waals surface area contributed by atoms with Crippen molar-refractivity contribution in [3.63, 3.8) is 0 Å². The molecular formula is C28H29NO6. The monoisotopic (exact) mass is 475 g/mol. The molecule has 0 atom stereocenters. The van der Waals surface area contributed by atoms with Crippen LogP contribution in [0.25, 0.3) is 5.57 Å². The minimum atomic E-state index is -1.07. The number of ether oxygens (including phenoxy) is 3. The zero-order valence-electron chi connectivity index (χ0n) is 20.3. The first kappa shape index (κ1) is 25.4. The van der Waals surface area contributed by atoms with E-state index in [0.29, 0.717) is 17.9 Å². The van der Waals surface area contributed by atoms with Crippen LogP contribution in [0.4, 0.5) is 0 Å². The number of hydrogen-bond donors (Lipinski definition) is 1. The van der Waals surface area contributed by atoms with Crippen LogP contribution in [0.15, 0.2) is 72.1 Å². The third-order valence-electron chi connectivity index (χ3n) is 5.35. The van der Waals surface area contributed by atoms with Crippen LogP contribution in [0.5, 0.6) is 11.5 Å². The Bertz CT molecular complexity index is 1230. The minimum absolute atomic E-state index is 0.0695. The van der Waals surface area contributed by atoms with E-state index in [9.17, 15) is 9.90 Å². The molecule has 0 aliphatic rings. The molecule has 7 nitrogen and oxygen atoms in total. The van der Waals surface area contributed by atoms with Crippen LogP contribution in [0.1, 0.15) is 33.4 Å². The van der Waals surface area contributed by atoms with Crippen molar-refractivity contribution >= 4 is 17.8 Å². The number of methoxy groups -OCH3 is 2. The van der Waals surface area contributed by atoms with E-state index < -0.39 is 5.97 Å². The number of hydrogen-bond acceptors (Lipinski definition) is 6. The predicted octanol–water partition coefficient (Wildman–Crippen LogP) is 5.51. The number of aliphatic carboxylic acids is 1. The number of nitrogens with zero attached hydrogens (tertiary/aromatic N) is 1. The Morgan fingerprint density at radius 3 is 2.51 bits per heavy atom. The lowest BCUT2D eigenvalue weighted by molar-refractivity contribution is -0.130. The van der Waals surface area contributed by atoms with Crippen molar-refractivity contribution in [2.45, 2.75) is 27.1 Å². The Morgan fingerprint density at radius 2 is 1.77 bits per heavy atom. The van der Waals surface area contributed by atoms with Crippen molar-refractivity contribution in [3.05, 3.63) is 100 Å². The second-order valence-corrected chi connectivity index (χ2v) is 7.85. The standard InChI is InChI=1S/C28H29NO6/c1-19-13-27(34-17-22-9-5-6-11-25(22)26(18-32-3)28(30)31)20(2)12-23(19)15-29-35-16-21-8-7-10-24(14-21)33-4/h5-15,18H,16-17H2,1-4H3,(H,30,31). The third kappa shape index (κ3) is 6.86. The second-order valence-electron chi connectivity index (χ2n) is 7.85. The van der Waals surface area contributed by atoms with Crippen LogP contribution in [0.3, 0.4) is 0 Å². The van der Waals surface area contributed by atoms with E-state index >= 15 is 0 Å². The summed E-state index contributed by atoms with van der Waals surface area (Å²) in [6, 6.07) is 18.7. The number of carboxylic acid groups (broad SMARTS) is 1. The average molecular weight is 476 g/mol. The molecule has 0 radical (unpaired) electrons. The van der Waals surface area contributed by atoms with E-state index in [-0.39, 0.29) is 12.2 Å². The molecule has 0 saturated carbocycles. The van der Waals surface area contributed by atoms with Crippen LogP contribution in [0.2, 0.25) is 0 Å². The lowest BCUT2D eigenvalue weighted by Gasteiger charge is -2.14. The highest BCUT2D eigenvalue weighted by molar-refractivity contribution is 6.15. The molecule has 0 saturated heterocycles. The van der Waals surface area contributed by atoms with Gasteiger partial charge in [0.25, 0.3) is 0 Å². The van der Waals surface area contributed by atoms with E-state index in [2.05, 4.69) is 5.16 Å². The maximum absolute atomic E-state index is 11.7. The lowest BCUT2D eigenvalue weighted by atomic mass is 10.0. The first-order valence-electron chi connectivity index (χ1n) is 11.0. The highest BCUT2D eigenvalue weighted by Gasteiger charge is 2.15. The van der Waals surface area contributed by atoms with Crippen LogP contribution >= 0.6 is 0 Å². The van der Waals surface area contributed by atoms with E-state index in [0.717, 1.165) is 33.6 Å². The minimum Gasteiger partial charge on any atom is -0.503 e. The second kappa shape index (κ2) is 12.3. The molecule has 0 unspecified atom stereocenters. The van der Waals surface area contributed by atoms with Crippen LogP contribution < -0.4 is 9.47 Å². The molecule has 0 amide bonds. The van der Waals surface area contributed by atoms with Crippen molar-refractivity contribution in [3.8, 4) is 11.5 Å². The van der Waals surface area contributed by atoms with Gasteiger partial charge in [-0.15, -0.1) is 0 Å². The summed E-state index contributed by atoms with van der Waals surface area (Å²) in [4.78, 5) is 17.1. The number of rotatable bonds is 11. The maximum atomic E-state index is 11.7. The smallest absolute Gasteiger partial charge is 0.339 e. The van der Waals surface area contributed by atoms with Gasteiger partial charge < -0.3 is 24.2 Å². The Kier molecular flexibility index (Phi) is 8.89. The molecule has 3 aromatic carbocycles. The Labute approximate surface area is 205 Å². The molecule has 0 aliphatic carbocycles. The largest absolute Gasteiger partial charge is 0.503 e. The van der Waals surface area contributed by atoms with Gasteiger partial charge in [0.15, 0.2) is 0 Å². The predicted molar refractivity (Wildman–Crippen MR) is 135 cm³/mol. The fourth-order valence-corrected chi connectivity index (χ4v) is 3.49. The fraction of sp³-hybridized carbons (Fsp3) is 0.214. The first-order chi connectivity index (χ1) is 16.9. The number of aryl methyl sites for hydroxylation is 2. The molecule has 3 rings (SSSR count). The van der Waals surface area contributed by atoms with Crippen molar-refractivity contribution in [1.82, 2.24) is 0 Å². The van der Waals surface area contributed by atoms with Gasteiger partial charge in [-0.3, -0.25) is 0 Å². The molecule has 0 aliphatic heterocycles. The van der Waals surface area contributed by atoms with Crippen molar-refractivity contribution < 1.29 is 28.9 Å². The first-order valence-corrected chi connectivity index (χ1v) is 11.0. The summed E-state index contributed by atoms with van der Waals surface area (Å²) >= 11 is 0. The van der Waals surface area contributed by atoms with E-state index in [4.69, 9.17) is 19.0 Å². The van der Waals surface area contributed by atoms with Crippen LogP contribution in [-0.4, -0.2) is 31.5 Å². The lowest BCUT2D eigenvalue weighted by Crippen LogP contribution is -2.06. The van der Waals surface area contributed by atoms with E-state index in [1.54, 1.807) is 25.5 Å². The molecule has 1 N–H and O–H groups in total. The Balaban J connectivity index is 1.68. The van der Waals surface area contributed by atoms with E-state index in [1.807, 2.05) is 62.4 Å². The summed E-state index contributed by atoms with van der Waals surface area (Å²) in [5.41, 5.74) is 5.13. The van der Waals surface area contributed by atoms with Crippen molar-refractivity contribution in [2.24, 2.45) is 5.16 Å². The summed E-state index contributed by atoms with van der Waals surface area (Å²) in [6.45, 7) is 4.46.